The first kappa shape index (κ1) is 15.9. The number of hydrogen-bond donors (Lipinski definition) is 2. The molecule has 0 aliphatic rings. The van der Waals surface area contributed by atoms with Crippen molar-refractivity contribution in [3.8, 4) is 0 Å². The molecule has 0 saturated carbocycles. The van der Waals surface area contributed by atoms with Gasteiger partial charge in [0.25, 0.3) is 0 Å². The number of halogens is 2. The maximum Gasteiger partial charge on any atom is 0.149 e. The van der Waals surface area contributed by atoms with Gasteiger partial charge in [-0.1, -0.05) is 36.4 Å². The molecular weight excluding hydrogens is 310 g/mol. The Morgan fingerprint density at radius 1 is 0.875 bits per heavy atom. The second-order valence-corrected chi connectivity index (χ2v) is 5.29. The summed E-state index contributed by atoms with van der Waals surface area (Å²) in [5.41, 5.74) is 0.865. The molecule has 3 rings (SSSR count). The first-order valence-corrected chi connectivity index (χ1v) is 7.48. The molecule has 0 fully saturated rings. The van der Waals surface area contributed by atoms with Gasteiger partial charge in [0.15, 0.2) is 0 Å². The van der Waals surface area contributed by atoms with Gasteiger partial charge < -0.3 is 10.6 Å². The van der Waals surface area contributed by atoms with Crippen molar-refractivity contribution in [2.75, 3.05) is 10.6 Å². The van der Waals surface area contributed by atoms with Crippen LogP contribution in [-0.2, 0) is 0 Å². The van der Waals surface area contributed by atoms with E-state index < -0.39 is 11.6 Å². The van der Waals surface area contributed by atoms with Crippen LogP contribution in [-0.4, -0.2) is 9.97 Å². The summed E-state index contributed by atoms with van der Waals surface area (Å²) in [4.78, 5) is 8.14. The minimum Gasteiger partial charge on any atom is -0.363 e. The zero-order valence-corrected chi connectivity index (χ0v) is 13.0. The second kappa shape index (κ2) is 7.04. The second-order valence-electron chi connectivity index (χ2n) is 5.29. The Balaban J connectivity index is 1.77. The summed E-state index contributed by atoms with van der Waals surface area (Å²) < 4.78 is 27.4. The summed E-state index contributed by atoms with van der Waals surface area (Å²) in [6.07, 6.45) is 1.33. The quantitative estimate of drug-likeness (QED) is 0.715. The van der Waals surface area contributed by atoms with E-state index in [1.807, 2.05) is 37.3 Å². The lowest BCUT2D eigenvalue weighted by Gasteiger charge is -2.15. The van der Waals surface area contributed by atoms with Crippen molar-refractivity contribution in [3.05, 3.63) is 78.1 Å². The predicted molar refractivity (Wildman–Crippen MR) is 90.2 cm³/mol. The number of nitrogens with zero attached hydrogens (tertiary/aromatic N) is 2. The minimum atomic E-state index is -0.680. The van der Waals surface area contributed by atoms with E-state index in [0.717, 1.165) is 5.56 Å². The maximum absolute atomic E-state index is 13.7. The van der Waals surface area contributed by atoms with Crippen molar-refractivity contribution < 1.29 is 8.78 Å². The molecule has 0 bridgehead atoms. The van der Waals surface area contributed by atoms with Gasteiger partial charge in [0, 0.05) is 12.1 Å². The molecule has 0 saturated heterocycles. The van der Waals surface area contributed by atoms with Crippen molar-refractivity contribution in [3.63, 3.8) is 0 Å². The summed E-state index contributed by atoms with van der Waals surface area (Å²) in [7, 11) is 0. The van der Waals surface area contributed by atoms with Crippen LogP contribution < -0.4 is 10.6 Å². The van der Waals surface area contributed by atoms with Crippen molar-refractivity contribution >= 4 is 17.3 Å². The fourth-order valence-corrected chi connectivity index (χ4v) is 2.30. The average Bonchev–Trinajstić information content (AvgIpc) is 2.59. The van der Waals surface area contributed by atoms with E-state index in [1.165, 1.54) is 24.5 Å². The smallest absolute Gasteiger partial charge is 0.149 e. The first-order chi connectivity index (χ1) is 11.6. The summed E-state index contributed by atoms with van der Waals surface area (Å²) >= 11 is 0. The third kappa shape index (κ3) is 3.65. The van der Waals surface area contributed by atoms with E-state index in [-0.39, 0.29) is 11.7 Å². The predicted octanol–water partition coefficient (Wildman–Crippen LogP) is 4.67. The van der Waals surface area contributed by atoms with Gasteiger partial charge in [-0.25, -0.2) is 18.7 Å². The van der Waals surface area contributed by atoms with Gasteiger partial charge in [0.05, 0.1) is 0 Å². The number of rotatable bonds is 5. The van der Waals surface area contributed by atoms with Crippen molar-refractivity contribution in [1.29, 1.82) is 0 Å². The summed E-state index contributed by atoms with van der Waals surface area (Å²) in [5.74, 6) is -0.501. The lowest BCUT2D eigenvalue weighted by molar-refractivity contribution is 0.590. The Morgan fingerprint density at radius 3 is 2.25 bits per heavy atom. The zero-order chi connectivity index (χ0) is 16.9. The molecule has 122 valence electrons. The molecule has 0 aliphatic heterocycles. The normalized spacial score (nSPS) is 11.8. The van der Waals surface area contributed by atoms with Crippen LogP contribution in [0.5, 0.6) is 0 Å². The molecule has 1 unspecified atom stereocenters. The molecule has 2 N–H and O–H groups in total. The molecule has 1 aromatic heterocycles. The molecule has 0 amide bonds. The van der Waals surface area contributed by atoms with E-state index in [9.17, 15) is 8.78 Å². The fourth-order valence-electron chi connectivity index (χ4n) is 2.30. The van der Waals surface area contributed by atoms with Crippen LogP contribution >= 0.6 is 0 Å². The highest BCUT2D eigenvalue weighted by Gasteiger charge is 2.10. The Hall–Kier alpha value is -3.02. The van der Waals surface area contributed by atoms with Crippen LogP contribution in [0.1, 0.15) is 18.5 Å². The molecule has 1 atom stereocenters. The Labute approximate surface area is 138 Å². The van der Waals surface area contributed by atoms with E-state index in [1.54, 1.807) is 6.07 Å². The van der Waals surface area contributed by atoms with Crippen molar-refractivity contribution in [2.45, 2.75) is 13.0 Å². The fraction of sp³-hybridized carbons (Fsp3) is 0.111. The molecular formula is C18H16F2N4. The van der Waals surface area contributed by atoms with Gasteiger partial charge in [-0.2, -0.15) is 0 Å². The van der Waals surface area contributed by atoms with Crippen LogP contribution in [0, 0.1) is 11.6 Å². The van der Waals surface area contributed by atoms with Crippen LogP contribution in [0.25, 0.3) is 0 Å². The number of aromatic nitrogens is 2. The average molecular weight is 326 g/mol. The van der Waals surface area contributed by atoms with E-state index in [2.05, 4.69) is 20.6 Å². The summed E-state index contributed by atoms with van der Waals surface area (Å²) in [6, 6.07) is 15.2. The zero-order valence-electron chi connectivity index (χ0n) is 13.0. The van der Waals surface area contributed by atoms with Crippen LogP contribution in [0.2, 0.25) is 0 Å². The van der Waals surface area contributed by atoms with Gasteiger partial charge in [-0.15, -0.1) is 0 Å². The highest BCUT2D eigenvalue weighted by atomic mass is 19.1. The largest absolute Gasteiger partial charge is 0.363 e. The van der Waals surface area contributed by atoms with Gasteiger partial charge >= 0.3 is 0 Å². The Morgan fingerprint density at radius 2 is 1.54 bits per heavy atom. The van der Waals surface area contributed by atoms with Gasteiger partial charge in [-0.3, -0.25) is 0 Å². The van der Waals surface area contributed by atoms with Gasteiger partial charge in [0.1, 0.15) is 35.3 Å². The van der Waals surface area contributed by atoms with E-state index >= 15 is 0 Å². The highest BCUT2D eigenvalue weighted by molar-refractivity contribution is 5.60. The Kier molecular flexibility index (Phi) is 4.65. The maximum atomic E-state index is 13.7. The van der Waals surface area contributed by atoms with E-state index in [0.29, 0.717) is 11.6 Å². The molecule has 0 spiro atoms. The standard InChI is InChI=1S/C18H16F2N4/c1-12(13-6-3-2-4-7-13)23-16-10-17(22-11-21-16)24-18-14(19)8-5-9-15(18)20/h2-12H,1H3,(H2,21,22,23,24). The minimum absolute atomic E-state index is 0.0270. The number of anilines is 3. The first-order valence-electron chi connectivity index (χ1n) is 7.48. The molecule has 4 nitrogen and oxygen atoms in total. The van der Waals surface area contributed by atoms with E-state index in [4.69, 9.17) is 0 Å². The molecule has 1 heterocycles. The van der Waals surface area contributed by atoms with Gasteiger partial charge in [0.2, 0.25) is 0 Å². The van der Waals surface area contributed by atoms with Crippen LogP contribution in [0.15, 0.2) is 60.9 Å². The lowest BCUT2D eigenvalue weighted by atomic mass is 10.1. The van der Waals surface area contributed by atoms with Crippen molar-refractivity contribution in [1.82, 2.24) is 9.97 Å². The number of para-hydroxylation sites is 1. The SMILES string of the molecule is CC(Nc1cc(Nc2c(F)cccc2F)ncn1)c1ccccc1. The molecule has 0 radical (unpaired) electrons. The number of nitrogens with one attached hydrogen (secondary N) is 2. The number of hydrogen-bond acceptors (Lipinski definition) is 4. The van der Waals surface area contributed by atoms with Crippen LogP contribution in [0.3, 0.4) is 0 Å². The third-order valence-electron chi connectivity index (χ3n) is 3.55. The number of benzene rings is 2. The van der Waals surface area contributed by atoms with Crippen LogP contribution in [0.4, 0.5) is 26.1 Å². The van der Waals surface area contributed by atoms with Gasteiger partial charge in [-0.05, 0) is 24.6 Å². The third-order valence-corrected chi connectivity index (χ3v) is 3.55. The topological polar surface area (TPSA) is 49.8 Å². The monoisotopic (exact) mass is 326 g/mol. The lowest BCUT2D eigenvalue weighted by Crippen LogP contribution is -2.08. The highest BCUT2D eigenvalue weighted by Crippen LogP contribution is 2.24. The summed E-state index contributed by atoms with van der Waals surface area (Å²) in [5, 5.41) is 5.89. The molecule has 2 aromatic carbocycles. The molecule has 24 heavy (non-hydrogen) atoms. The molecule has 6 heteroatoms. The molecule has 0 aliphatic carbocycles. The summed E-state index contributed by atoms with van der Waals surface area (Å²) in [6.45, 7) is 2.00. The molecule has 3 aromatic rings. The Bertz CT molecular complexity index is 804. The van der Waals surface area contributed by atoms with Crippen molar-refractivity contribution in [2.24, 2.45) is 0 Å².